The standard InChI is InChI=1S/C6H12O/c1-3-5-6(4-2)7-5/h5-6H,3-4H2,1-2H3/t5-,6-/m0/s1. The van der Waals surface area contributed by atoms with Crippen molar-refractivity contribution in [2.75, 3.05) is 0 Å². The molecule has 0 aromatic rings. The fourth-order valence-electron chi connectivity index (χ4n) is 0.897. The normalized spacial score (nSPS) is 38.6. The molecule has 0 N–H and O–H groups in total. The van der Waals surface area contributed by atoms with Gasteiger partial charge in [0.15, 0.2) is 0 Å². The van der Waals surface area contributed by atoms with E-state index in [1.165, 1.54) is 12.8 Å². The van der Waals surface area contributed by atoms with E-state index < -0.39 is 0 Å². The van der Waals surface area contributed by atoms with Crippen LogP contribution in [0.2, 0.25) is 0 Å². The SMILES string of the molecule is CC[C@@H]1O[C@H]1CC. The Balaban J connectivity index is 2.06. The van der Waals surface area contributed by atoms with E-state index in [0.717, 1.165) is 0 Å². The summed E-state index contributed by atoms with van der Waals surface area (Å²) in [6.07, 6.45) is 3.62. The molecule has 1 heteroatoms. The first-order valence-corrected chi connectivity index (χ1v) is 3.04. The highest BCUT2D eigenvalue weighted by Gasteiger charge is 2.34. The van der Waals surface area contributed by atoms with Crippen molar-refractivity contribution in [2.24, 2.45) is 0 Å². The largest absolute Gasteiger partial charge is 0.370 e. The van der Waals surface area contributed by atoms with E-state index in [-0.39, 0.29) is 0 Å². The van der Waals surface area contributed by atoms with Gasteiger partial charge in [-0.05, 0) is 12.8 Å². The summed E-state index contributed by atoms with van der Waals surface area (Å²) in [7, 11) is 0. The van der Waals surface area contributed by atoms with Crippen LogP contribution in [0.15, 0.2) is 0 Å². The van der Waals surface area contributed by atoms with Gasteiger partial charge in [-0.25, -0.2) is 0 Å². The Hall–Kier alpha value is -0.0400. The molecule has 1 rings (SSSR count). The van der Waals surface area contributed by atoms with Crippen molar-refractivity contribution < 1.29 is 4.74 Å². The third-order valence-electron chi connectivity index (χ3n) is 1.49. The van der Waals surface area contributed by atoms with Crippen molar-refractivity contribution in [3.63, 3.8) is 0 Å². The lowest BCUT2D eigenvalue weighted by Gasteiger charge is -1.77. The maximum absolute atomic E-state index is 5.22. The van der Waals surface area contributed by atoms with E-state index in [9.17, 15) is 0 Å². The first-order valence-electron chi connectivity index (χ1n) is 3.04. The fraction of sp³-hybridized carbons (Fsp3) is 1.00. The molecule has 1 saturated heterocycles. The highest BCUT2D eigenvalue weighted by Crippen LogP contribution is 2.26. The molecule has 42 valence electrons. The average molecular weight is 100 g/mol. The first kappa shape index (κ1) is 5.10. The minimum absolute atomic E-state index is 0.616. The molecule has 1 aliphatic heterocycles. The number of epoxide rings is 1. The van der Waals surface area contributed by atoms with E-state index >= 15 is 0 Å². The molecule has 1 aliphatic rings. The quantitative estimate of drug-likeness (QED) is 0.480. The number of hydrogen-bond donors (Lipinski definition) is 0. The molecule has 0 radical (unpaired) electrons. The van der Waals surface area contributed by atoms with E-state index in [1.54, 1.807) is 0 Å². The van der Waals surface area contributed by atoms with Gasteiger partial charge in [-0.1, -0.05) is 13.8 Å². The maximum atomic E-state index is 5.22. The average Bonchev–Trinajstić information content (AvgIpc) is 2.43. The van der Waals surface area contributed by atoms with Crippen LogP contribution in [0.1, 0.15) is 26.7 Å². The van der Waals surface area contributed by atoms with Gasteiger partial charge < -0.3 is 4.74 Å². The molecule has 0 aromatic carbocycles. The van der Waals surface area contributed by atoms with Gasteiger partial charge in [0.05, 0.1) is 12.2 Å². The minimum atomic E-state index is 0.616. The fourth-order valence-corrected chi connectivity index (χ4v) is 0.897. The van der Waals surface area contributed by atoms with Gasteiger partial charge in [-0.2, -0.15) is 0 Å². The van der Waals surface area contributed by atoms with Crippen LogP contribution < -0.4 is 0 Å². The van der Waals surface area contributed by atoms with Crippen molar-refractivity contribution >= 4 is 0 Å². The topological polar surface area (TPSA) is 12.5 Å². The molecule has 0 saturated carbocycles. The molecule has 0 spiro atoms. The highest BCUT2D eigenvalue weighted by molar-refractivity contribution is 4.81. The molecule has 0 unspecified atom stereocenters. The molecule has 1 fully saturated rings. The highest BCUT2D eigenvalue weighted by atomic mass is 16.6. The van der Waals surface area contributed by atoms with E-state index in [2.05, 4.69) is 13.8 Å². The Morgan fingerprint density at radius 3 is 1.71 bits per heavy atom. The second-order valence-electron chi connectivity index (χ2n) is 2.03. The van der Waals surface area contributed by atoms with Crippen LogP contribution in [0.4, 0.5) is 0 Å². The molecule has 0 amide bonds. The zero-order valence-corrected chi connectivity index (χ0v) is 4.98. The predicted molar refractivity (Wildman–Crippen MR) is 29.2 cm³/mol. The lowest BCUT2D eigenvalue weighted by atomic mass is 10.2. The van der Waals surface area contributed by atoms with Crippen LogP contribution in [0.3, 0.4) is 0 Å². The van der Waals surface area contributed by atoms with E-state index in [4.69, 9.17) is 4.74 Å². The summed E-state index contributed by atoms with van der Waals surface area (Å²) < 4.78 is 5.22. The lowest BCUT2D eigenvalue weighted by molar-refractivity contribution is 0.363. The van der Waals surface area contributed by atoms with Crippen molar-refractivity contribution in [1.29, 1.82) is 0 Å². The van der Waals surface area contributed by atoms with Crippen molar-refractivity contribution in [1.82, 2.24) is 0 Å². The Bertz CT molecular complexity index is 53.2. The van der Waals surface area contributed by atoms with Crippen molar-refractivity contribution in [3.05, 3.63) is 0 Å². The summed E-state index contributed by atoms with van der Waals surface area (Å²) >= 11 is 0. The van der Waals surface area contributed by atoms with E-state index in [1.807, 2.05) is 0 Å². The third-order valence-corrected chi connectivity index (χ3v) is 1.49. The molecule has 0 aromatic heterocycles. The summed E-state index contributed by atoms with van der Waals surface area (Å²) in [6.45, 7) is 4.33. The van der Waals surface area contributed by atoms with Crippen LogP contribution in [0, 0.1) is 0 Å². The van der Waals surface area contributed by atoms with Gasteiger partial charge in [0, 0.05) is 0 Å². The molecule has 7 heavy (non-hydrogen) atoms. The van der Waals surface area contributed by atoms with Crippen molar-refractivity contribution in [3.8, 4) is 0 Å². The van der Waals surface area contributed by atoms with E-state index in [0.29, 0.717) is 12.2 Å². The molecule has 0 aliphatic carbocycles. The summed E-state index contributed by atoms with van der Waals surface area (Å²) in [5.74, 6) is 0. The van der Waals surface area contributed by atoms with Gasteiger partial charge in [0.2, 0.25) is 0 Å². The zero-order chi connectivity index (χ0) is 5.28. The maximum Gasteiger partial charge on any atom is 0.0839 e. The van der Waals surface area contributed by atoms with Crippen LogP contribution in [-0.2, 0) is 4.74 Å². The summed E-state index contributed by atoms with van der Waals surface area (Å²) in [5, 5.41) is 0. The number of hydrogen-bond acceptors (Lipinski definition) is 1. The van der Waals surface area contributed by atoms with Gasteiger partial charge in [-0.3, -0.25) is 0 Å². The molecule has 2 atom stereocenters. The van der Waals surface area contributed by atoms with Crippen LogP contribution >= 0.6 is 0 Å². The second-order valence-corrected chi connectivity index (χ2v) is 2.03. The molecular formula is C6H12O. The summed E-state index contributed by atoms with van der Waals surface area (Å²) in [6, 6.07) is 0. The first-order chi connectivity index (χ1) is 3.38. The zero-order valence-electron chi connectivity index (χ0n) is 4.98. The molecule has 1 nitrogen and oxygen atoms in total. The lowest BCUT2D eigenvalue weighted by Crippen LogP contribution is -1.87. The van der Waals surface area contributed by atoms with Crippen molar-refractivity contribution in [2.45, 2.75) is 38.9 Å². The summed E-state index contributed by atoms with van der Waals surface area (Å²) in [5.41, 5.74) is 0. The monoisotopic (exact) mass is 100 g/mol. The van der Waals surface area contributed by atoms with Gasteiger partial charge >= 0.3 is 0 Å². The predicted octanol–water partition coefficient (Wildman–Crippen LogP) is 1.57. The number of rotatable bonds is 2. The smallest absolute Gasteiger partial charge is 0.0839 e. The van der Waals surface area contributed by atoms with Gasteiger partial charge in [-0.15, -0.1) is 0 Å². The Morgan fingerprint density at radius 1 is 1.14 bits per heavy atom. The minimum Gasteiger partial charge on any atom is -0.370 e. The van der Waals surface area contributed by atoms with Crippen LogP contribution in [-0.4, -0.2) is 12.2 Å². The molecule has 0 bridgehead atoms. The Labute approximate surface area is 44.7 Å². The summed E-state index contributed by atoms with van der Waals surface area (Å²) in [4.78, 5) is 0. The molecular weight excluding hydrogens is 88.1 g/mol. The Morgan fingerprint density at radius 2 is 1.57 bits per heavy atom. The van der Waals surface area contributed by atoms with Gasteiger partial charge in [0.1, 0.15) is 0 Å². The molecule has 1 heterocycles. The third kappa shape index (κ3) is 0.942. The second kappa shape index (κ2) is 1.83. The van der Waals surface area contributed by atoms with Gasteiger partial charge in [0.25, 0.3) is 0 Å². The van der Waals surface area contributed by atoms with Crippen LogP contribution in [0.5, 0.6) is 0 Å². The number of ether oxygens (including phenoxy) is 1. The van der Waals surface area contributed by atoms with Crippen LogP contribution in [0.25, 0.3) is 0 Å². The Kier molecular flexibility index (Phi) is 1.33.